The number of hydrogen-bond donors (Lipinski definition) is 2. The molecule has 1 fully saturated rings. The van der Waals surface area contributed by atoms with Crippen molar-refractivity contribution in [2.24, 2.45) is 17.3 Å². The van der Waals surface area contributed by atoms with Crippen LogP contribution in [0.5, 0.6) is 0 Å². The largest absolute Gasteiger partial charge is 0.481 e. The average Bonchev–Trinajstić information content (AvgIpc) is 2.66. The summed E-state index contributed by atoms with van der Waals surface area (Å²) >= 11 is 5.19. The van der Waals surface area contributed by atoms with Crippen LogP contribution in [0.2, 0.25) is 0 Å². The van der Waals surface area contributed by atoms with Crippen LogP contribution in [0.1, 0.15) is 13.8 Å². The van der Waals surface area contributed by atoms with Crippen molar-refractivity contribution in [2.45, 2.75) is 20.0 Å². The maximum Gasteiger partial charge on any atom is 0.307 e. The Balaban J connectivity index is 2.86. The van der Waals surface area contributed by atoms with E-state index in [2.05, 4.69) is 0 Å². The molecule has 0 aromatic heterocycles. The van der Waals surface area contributed by atoms with Gasteiger partial charge in [0.15, 0.2) is 0 Å². The molecule has 1 aliphatic carbocycles. The lowest BCUT2D eigenvalue weighted by Gasteiger charge is -2.09. The topological polar surface area (TPSA) is 57.5 Å². The van der Waals surface area contributed by atoms with Crippen molar-refractivity contribution in [1.29, 1.82) is 0 Å². The average molecular weight is 241 g/mol. The molecule has 0 radical (unpaired) electrons. The number of hydrogen-bond acceptors (Lipinski definition) is 2. The second kappa shape index (κ2) is 3.72. The summed E-state index contributed by atoms with van der Waals surface area (Å²) in [4.78, 5) is 10.7. The van der Waals surface area contributed by atoms with Gasteiger partial charge in [-0.3, -0.25) is 4.79 Å². The van der Waals surface area contributed by atoms with Crippen molar-refractivity contribution >= 4 is 17.6 Å². The number of halogens is 3. The minimum Gasteiger partial charge on any atom is -0.481 e. The number of carboxylic acid groups (broad SMARTS) is 1. The first kappa shape index (κ1) is 12.4. The highest BCUT2D eigenvalue weighted by Gasteiger charge is 2.65. The van der Waals surface area contributed by atoms with E-state index in [1.807, 2.05) is 0 Å². The monoisotopic (exact) mass is 240 g/mol. The second-order valence-electron chi connectivity index (χ2n) is 4.22. The standard InChI is InChI=1S/C9H11ClF2O3/c1-9(2)3(4(9)8(14)15)6(13)5(10)7(11)12/h3-4,6,13H,1-2H3,(H,14,15). The zero-order valence-electron chi connectivity index (χ0n) is 8.17. The van der Waals surface area contributed by atoms with Crippen LogP contribution in [0.4, 0.5) is 8.78 Å². The van der Waals surface area contributed by atoms with E-state index in [-0.39, 0.29) is 0 Å². The summed E-state index contributed by atoms with van der Waals surface area (Å²) in [5.41, 5.74) is -0.708. The zero-order chi connectivity index (χ0) is 12.0. The number of carboxylic acids is 1. The second-order valence-corrected chi connectivity index (χ2v) is 4.62. The van der Waals surface area contributed by atoms with E-state index in [4.69, 9.17) is 16.7 Å². The van der Waals surface area contributed by atoms with Crippen LogP contribution in [0.15, 0.2) is 11.1 Å². The van der Waals surface area contributed by atoms with Crippen LogP contribution in [0, 0.1) is 17.3 Å². The fraction of sp³-hybridized carbons (Fsp3) is 0.667. The lowest BCUT2D eigenvalue weighted by atomic mass is 10.1. The Morgan fingerprint density at radius 1 is 1.47 bits per heavy atom. The number of carbonyl (C=O) groups is 1. The molecule has 0 heterocycles. The Labute approximate surface area is 90.3 Å². The first-order valence-corrected chi connectivity index (χ1v) is 4.70. The Morgan fingerprint density at radius 2 is 1.93 bits per heavy atom. The molecule has 2 N–H and O–H groups in total. The Morgan fingerprint density at radius 3 is 2.20 bits per heavy atom. The SMILES string of the molecule is CC1(C)C(C(=O)O)C1C(O)C(Cl)=C(F)F. The van der Waals surface area contributed by atoms with E-state index >= 15 is 0 Å². The number of rotatable bonds is 3. The van der Waals surface area contributed by atoms with E-state index in [1.165, 1.54) is 0 Å². The Kier molecular flexibility index (Phi) is 3.07. The molecule has 0 amide bonds. The van der Waals surface area contributed by atoms with Gasteiger partial charge in [0.1, 0.15) is 5.03 Å². The van der Waals surface area contributed by atoms with Gasteiger partial charge in [0.05, 0.1) is 12.0 Å². The van der Waals surface area contributed by atoms with Gasteiger partial charge in [-0.15, -0.1) is 0 Å². The smallest absolute Gasteiger partial charge is 0.307 e. The maximum atomic E-state index is 12.1. The quantitative estimate of drug-likeness (QED) is 0.794. The summed E-state index contributed by atoms with van der Waals surface area (Å²) in [7, 11) is 0. The number of aliphatic hydroxyl groups is 1. The van der Waals surface area contributed by atoms with Gasteiger partial charge in [-0.2, -0.15) is 8.78 Å². The lowest BCUT2D eigenvalue weighted by molar-refractivity contribution is -0.139. The van der Waals surface area contributed by atoms with Gasteiger partial charge in [0.25, 0.3) is 6.08 Å². The normalized spacial score (nSPS) is 29.5. The molecule has 0 aromatic carbocycles. The van der Waals surface area contributed by atoms with Crippen molar-refractivity contribution in [3.05, 3.63) is 11.1 Å². The highest BCUT2D eigenvalue weighted by molar-refractivity contribution is 6.30. The molecule has 1 rings (SSSR count). The van der Waals surface area contributed by atoms with Crippen LogP contribution in [0.25, 0.3) is 0 Å². The first-order valence-electron chi connectivity index (χ1n) is 4.32. The van der Waals surface area contributed by atoms with Gasteiger partial charge in [0, 0.05) is 5.92 Å². The van der Waals surface area contributed by atoms with E-state index in [1.54, 1.807) is 13.8 Å². The lowest BCUT2D eigenvalue weighted by Crippen LogP contribution is -2.15. The van der Waals surface area contributed by atoms with E-state index in [0.717, 1.165) is 0 Å². The maximum absolute atomic E-state index is 12.1. The van der Waals surface area contributed by atoms with E-state index in [9.17, 15) is 18.7 Å². The fourth-order valence-corrected chi connectivity index (χ4v) is 2.14. The third-order valence-corrected chi connectivity index (χ3v) is 3.32. The number of aliphatic hydroxyl groups excluding tert-OH is 1. The van der Waals surface area contributed by atoms with Crippen LogP contribution < -0.4 is 0 Å². The predicted molar refractivity (Wildman–Crippen MR) is 49.5 cm³/mol. The summed E-state index contributed by atoms with van der Waals surface area (Å²) in [6, 6.07) is 0. The predicted octanol–water partition coefficient (Wildman–Crippen LogP) is 2.05. The van der Waals surface area contributed by atoms with Gasteiger partial charge in [-0.25, -0.2) is 0 Å². The molecule has 3 nitrogen and oxygen atoms in total. The van der Waals surface area contributed by atoms with Crippen molar-refractivity contribution in [3.8, 4) is 0 Å². The van der Waals surface area contributed by atoms with Crippen LogP contribution >= 0.6 is 11.6 Å². The minimum absolute atomic E-state index is 0.708. The highest BCUT2D eigenvalue weighted by atomic mass is 35.5. The van der Waals surface area contributed by atoms with E-state index in [0.29, 0.717) is 0 Å². The third-order valence-electron chi connectivity index (χ3n) is 2.96. The highest BCUT2D eigenvalue weighted by Crippen LogP contribution is 2.61. The molecule has 3 unspecified atom stereocenters. The van der Waals surface area contributed by atoms with Gasteiger partial charge in [-0.1, -0.05) is 25.4 Å². The molecule has 1 saturated carbocycles. The third kappa shape index (κ3) is 1.99. The Hall–Kier alpha value is -0.680. The van der Waals surface area contributed by atoms with Crippen LogP contribution in [-0.4, -0.2) is 22.3 Å². The minimum atomic E-state index is -2.17. The summed E-state index contributed by atoms with van der Waals surface area (Å²) in [6.45, 7) is 3.19. The molecule has 0 bridgehead atoms. The van der Waals surface area contributed by atoms with Crippen molar-refractivity contribution in [1.82, 2.24) is 0 Å². The molecular weight excluding hydrogens is 230 g/mol. The zero-order valence-corrected chi connectivity index (χ0v) is 8.92. The van der Waals surface area contributed by atoms with E-state index < -0.39 is 40.4 Å². The molecule has 3 atom stereocenters. The fourth-order valence-electron chi connectivity index (χ4n) is 2.01. The summed E-state index contributed by atoms with van der Waals surface area (Å²) in [5.74, 6) is -2.70. The van der Waals surface area contributed by atoms with Crippen molar-refractivity contribution in [3.63, 3.8) is 0 Å². The van der Waals surface area contributed by atoms with Gasteiger partial charge in [0.2, 0.25) is 0 Å². The molecule has 1 aliphatic rings. The molecule has 15 heavy (non-hydrogen) atoms. The molecule has 6 heteroatoms. The van der Waals surface area contributed by atoms with Crippen molar-refractivity contribution < 1.29 is 23.8 Å². The molecule has 0 saturated heterocycles. The summed E-state index contributed by atoms with van der Waals surface area (Å²) < 4.78 is 24.2. The van der Waals surface area contributed by atoms with Crippen LogP contribution in [-0.2, 0) is 4.79 Å². The van der Waals surface area contributed by atoms with Gasteiger partial charge >= 0.3 is 5.97 Å². The first-order chi connectivity index (χ1) is 6.71. The summed E-state index contributed by atoms with van der Waals surface area (Å²) in [6.07, 6.45) is -3.77. The van der Waals surface area contributed by atoms with Crippen molar-refractivity contribution in [2.75, 3.05) is 0 Å². The number of aliphatic carboxylic acids is 1. The molecule has 0 aliphatic heterocycles. The molecule has 0 aromatic rings. The Bertz CT molecular complexity index is 323. The summed E-state index contributed by atoms with van der Waals surface area (Å²) in [5, 5.41) is 17.3. The molecule has 86 valence electrons. The van der Waals surface area contributed by atoms with Gasteiger partial charge in [-0.05, 0) is 5.41 Å². The van der Waals surface area contributed by atoms with Crippen LogP contribution in [0.3, 0.4) is 0 Å². The molecule has 0 spiro atoms. The molecular formula is C9H11ClF2O3. The van der Waals surface area contributed by atoms with Gasteiger partial charge < -0.3 is 10.2 Å².